The lowest BCUT2D eigenvalue weighted by molar-refractivity contribution is -0.138. The van der Waals surface area contributed by atoms with Crippen LogP contribution in [0.5, 0.6) is 11.5 Å². The monoisotopic (exact) mass is 442 g/mol. The van der Waals surface area contributed by atoms with Crippen LogP contribution < -0.4 is 19.9 Å². The van der Waals surface area contributed by atoms with Crippen molar-refractivity contribution in [3.63, 3.8) is 0 Å². The lowest BCUT2D eigenvalue weighted by Crippen LogP contribution is -2.32. The number of ether oxygens (including phenoxy) is 2. The molecular formula is C26H22N2O5. The minimum atomic E-state index is -0.717. The lowest BCUT2D eigenvalue weighted by Gasteiger charge is -2.14. The van der Waals surface area contributed by atoms with Gasteiger partial charge in [-0.3, -0.25) is 4.79 Å². The van der Waals surface area contributed by atoms with E-state index >= 15 is 0 Å². The van der Waals surface area contributed by atoms with Gasteiger partial charge in [-0.15, -0.1) is 4.73 Å². The van der Waals surface area contributed by atoms with Gasteiger partial charge in [-0.1, -0.05) is 42.0 Å². The Kier molecular flexibility index (Phi) is 6.22. The molecule has 0 spiro atoms. The van der Waals surface area contributed by atoms with E-state index in [2.05, 4.69) is 4.98 Å². The first-order valence-electron chi connectivity index (χ1n) is 10.2. The van der Waals surface area contributed by atoms with Crippen LogP contribution in [0, 0.1) is 6.92 Å². The molecule has 0 radical (unpaired) electrons. The highest BCUT2D eigenvalue weighted by Crippen LogP contribution is 2.29. The van der Waals surface area contributed by atoms with Gasteiger partial charge in [0.25, 0.3) is 5.56 Å². The number of hydrogen-bond donors (Lipinski definition) is 0. The smallest absolute Gasteiger partial charge is 0.356 e. The molecule has 0 aliphatic heterocycles. The van der Waals surface area contributed by atoms with Crippen molar-refractivity contribution in [1.82, 2.24) is 9.71 Å². The zero-order valence-corrected chi connectivity index (χ0v) is 18.4. The van der Waals surface area contributed by atoms with Crippen molar-refractivity contribution < 1.29 is 19.1 Å². The molecule has 0 atom stereocenters. The molecule has 4 rings (SSSR count). The van der Waals surface area contributed by atoms with Gasteiger partial charge < -0.3 is 14.3 Å². The van der Waals surface area contributed by atoms with Crippen molar-refractivity contribution in [2.75, 3.05) is 14.2 Å². The number of aromatic nitrogens is 2. The van der Waals surface area contributed by atoms with Crippen LogP contribution in [0.4, 0.5) is 0 Å². The van der Waals surface area contributed by atoms with E-state index in [1.54, 1.807) is 48.5 Å². The van der Waals surface area contributed by atoms with Crippen molar-refractivity contribution in [1.29, 1.82) is 0 Å². The van der Waals surface area contributed by atoms with Gasteiger partial charge in [-0.05, 0) is 42.8 Å². The highest BCUT2D eigenvalue weighted by Gasteiger charge is 2.17. The van der Waals surface area contributed by atoms with Gasteiger partial charge in [-0.2, -0.15) is 0 Å². The van der Waals surface area contributed by atoms with Crippen molar-refractivity contribution in [2.45, 2.75) is 6.92 Å². The first-order valence-corrected chi connectivity index (χ1v) is 10.2. The Morgan fingerprint density at radius 1 is 0.939 bits per heavy atom. The predicted octanol–water partition coefficient (Wildman–Crippen LogP) is 4.06. The largest absolute Gasteiger partial charge is 0.497 e. The Hall–Kier alpha value is -4.39. The van der Waals surface area contributed by atoms with E-state index in [-0.39, 0.29) is 5.82 Å². The van der Waals surface area contributed by atoms with Gasteiger partial charge >= 0.3 is 5.97 Å². The second kappa shape index (κ2) is 9.40. The summed E-state index contributed by atoms with van der Waals surface area (Å²) in [4.78, 5) is 35.9. The Labute approximate surface area is 190 Å². The summed E-state index contributed by atoms with van der Waals surface area (Å²) in [5.74, 6) is 0.437. The Balaban J connectivity index is 1.80. The molecule has 1 heterocycles. The quantitative estimate of drug-likeness (QED) is 0.419. The molecule has 33 heavy (non-hydrogen) atoms. The van der Waals surface area contributed by atoms with Crippen LogP contribution in [-0.4, -0.2) is 29.9 Å². The van der Waals surface area contributed by atoms with Crippen LogP contribution in [0.25, 0.3) is 28.4 Å². The third-order valence-corrected chi connectivity index (χ3v) is 5.02. The molecule has 0 amide bonds. The fraction of sp³-hybridized carbons (Fsp3) is 0.115. The number of carbonyl (C=O) groups is 1. The minimum Gasteiger partial charge on any atom is -0.497 e. The number of rotatable bonds is 6. The second-order valence-electron chi connectivity index (χ2n) is 7.31. The van der Waals surface area contributed by atoms with Gasteiger partial charge in [0, 0.05) is 17.7 Å². The number of benzene rings is 3. The summed E-state index contributed by atoms with van der Waals surface area (Å²) < 4.78 is 11.6. The summed E-state index contributed by atoms with van der Waals surface area (Å²) in [6.45, 7) is 1.98. The normalized spacial score (nSPS) is 11.0. The van der Waals surface area contributed by atoms with E-state index in [1.165, 1.54) is 20.3 Å². The number of hydrogen-bond acceptors (Lipinski definition) is 6. The van der Waals surface area contributed by atoms with Crippen molar-refractivity contribution >= 4 is 22.9 Å². The maximum Gasteiger partial charge on any atom is 0.356 e. The van der Waals surface area contributed by atoms with E-state index < -0.39 is 11.5 Å². The zero-order valence-electron chi connectivity index (χ0n) is 18.4. The number of aryl methyl sites for hydroxylation is 1. The summed E-state index contributed by atoms with van der Waals surface area (Å²) in [6, 6.07) is 19.6. The third kappa shape index (κ3) is 4.77. The topological polar surface area (TPSA) is 79.7 Å². The molecular weight excluding hydrogens is 420 g/mol. The van der Waals surface area contributed by atoms with Gasteiger partial charge in [0.15, 0.2) is 5.82 Å². The van der Waals surface area contributed by atoms with E-state index in [9.17, 15) is 9.59 Å². The van der Waals surface area contributed by atoms with Crippen molar-refractivity contribution in [2.24, 2.45) is 0 Å². The summed E-state index contributed by atoms with van der Waals surface area (Å²) >= 11 is 0. The second-order valence-corrected chi connectivity index (χ2v) is 7.31. The maximum absolute atomic E-state index is 13.2. The van der Waals surface area contributed by atoms with Crippen LogP contribution >= 0.6 is 0 Å². The Morgan fingerprint density at radius 3 is 2.27 bits per heavy atom. The van der Waals surface area contributed by atoms with Crippen LogP contribution in [-0.2, 0) is 4.79 Å². The molecule has 4 aromatic rings. The molecule has 7 nitrogen and oxygen atoms in total. The van der Waals surface area contributed by atoms with E-state index in [1.807, 2.05) is 31.2 Å². The molecule has 0 saturated carbocycles. The zero-order chi connectivity index (χ0) is 23.4. The first-order chi connectivity index (χ1) is 16.0. The van der Waals surface area contributed by atoms with Crippen LogP contribution in [0.15, 0.2) is 77.6 Å². The first kappa shape index (κ1) is 21.8. The average molecular weight is 442 g/mol. The highest BCUT2D eigenvalue weighted by molar-refractivity contribution is 5.88. The SMILES string of the molecule is COc1cc(OC)cc(-c2nc3ccccc3c(=O)n2OC(=O)/C=C/c2ccc(C)cc2)c1. The molecule has 3 aromatic carbocycles. The molecule has 166 valence electrons. The standard InChI is InChI=1S/C26H22N2O5/c1-17-8-10-18(11-9-17)12-13-24(29)33-28-25(19-14-20(31-2)16-21(15-19)32-3)27-23-7-5-4-6-22(23)26(28)30/h4-16H,1-3H3/b13-12+. The third-order valence-electron chi connectivity index (χ3n) is 5.02. The Bertz CT molecular complexity index is 1380. The van der Waals surface area contributed by atoms with E-state index in [4.69, 9.17) is 14.3 Å². The summed E-state index contributed by atoms with van der Waals surface area (Å²) in [5, 5.41) is 0.325. The molecule has 0 N–H and O–H groups in total. The van der Waals surface area contributed by atoms with Crippen LogP contribution in [0.3, 0.4) is 0 Å². The van der Waals surface area contributed by atoms with Gasteiger partial charge in [-0.25, -0.2) is 9.78 Å². The summed E-state index contributed by atoms with van der Waals surface area (Å²) in [5.41, 5.74) is 2.40. The maximum atomic E-state index is 13.2. The molecule has 0 fully saturated rings. The molecule has 0 aliphatic carbocycles. The molecule has 0 bridgehead atoms. The molecule has 0 saturated heterocycles. The van der Waals surface area contributed by atoms with E-state index in [0.717, 1.165) is 15.9 Å². The minimum absolute atomic E-state index is 0.146. The number of methoxy groups -OCH3 is 2. The molecule has 0 unspecified atom stereocenters. The number of fused-ring (bicyclic) bond motifs is 1. The predicted molar refractivity (Wildman–Crippen MR) is 126 cm³/mol. The molecule has 1 aromatic heterocycles. The molecule has 7 heteroatoms. The Morgan fingerprint density at radius 2 is 1.61 bits per heavy atom. The van der Waals surface area contributed by atoms with Gasteiger partial charge in [0.1, 0.15) is 11.5 Å². The summed E-state index contributed by atoms with van der Waals surface area (Å²) in [7, 11) is 3.05. The van der Waals surface area contributed by atoms with Crippen molar-refractivity contribution in [3.05, 3.63) is 94.3 Å². The van der Waals surface area contributed by atoms with Crippen LogP contribution in [0.2, 0.25) is 0 Å². The van der Waals surface area contributed by atoms with E-state index in [0.29, 0.717) is 28.0 Å². The molecule has 0 aliphatic rings. The van der Waals surface area contributed by atoms with Crippen LogP contribution in [0.1, 0.15) is 11.1 Å². The fourth-order valence-electron chi connectivity index (χ4n) is 3.28. The number of carbonyl (C=O) groups excluding carboxylic acids is 1. The number of nitrogens with zero attached hydrogens (tertiary/aromatic N) is 2. The summed E-state index contributed by atoms with van der Waals surface area (Å²) in [6.07, 6.45) is 2.89. The fourth-order valence-corrected chi connectivity index (χ4v) is 3.28. The lowest BCUT2D eigenvalue weighted by atomic mass is 10.1. The van der Waals surface area contributed by atoms with Gasteiger partial charge in [0.05, 0.1) is 25.1 Å². The van der Waals surface area contributed by atoms with Crippen molar-refractivity contribution in [3.8, 4) is 22.9 Å². The number of para-hydroxylation sites is 1. The highest BCUT2D eigenvalue weighted by atomic mass is 16.7. The van der Waals surface area contributed by atoms with Gasteiger partial charge in [0.2, 0.25) is 0 Å². The average Bonchev–Trinajstić information content (AvgIpc) is 2.85.